The Morgan fingerprint density at radius 3 is 2.63 bits per heavy atom. The van der Waals surface area contributed by atoms with Gasteiger partial charge in [-0.05, 0) is 25.1 Å². The van der Waals surface area contributed by atoms with Crippen LogP contribution >= 0.6 is 0 Å². The molecule has 106 valence electrons. The maximum absolute atomic E-state index is 11.8. The van der Waals surface area contributed by atoms with Crippen molar-refractivity contribution in [2.75, 3.05) is 36.1 Å². The summed E-state index contributed by atoms with van der Waals surface area (Å²) in [6.45, 7) is 2.58. The average Bonchev–Trinajstić information content (AvgIpc) is 2.27. The number of anilines is 2. The van der Waals surface area contributed by atoms with Gasteiger partial charge in [-0.2, -0.15) is 0 Å². The largest absolute Gasteiger partial charge is 0.399 e. The topological polar surface area (TPSA) is 101 Å². The number of nitrogens with two attached hydrogens (primary N) is 1. The number of nitrogen functional groups attached to an aromatic ring is 1. The van der Waals surface area contributed by atoms with Gasteiger partial charge in [0.05, 0.1) is 11.3 Å². The quantitative estimate of drug-likeness (QED) is 0.660. The van der Waals surface area contributed by atoms with E-state index in [1.165, 1.54) is 6.26 Å². The summed E-state index contributed by atoms with van der Waals surface area (Å²) < 4.78 is 22.1. The maximum Gasteiger partial charge on any atom is 0.253 e. The molecule has 1 rings (SSSR count). The second-order valence-electron chi connectivity index (χ2n) is 4.22. The predicted molar refractivity (Wildman–Crippen MR) is 77.1 cm³/mol. The van der Waals surface area contributed by atoms with Crippen molar-refractivity contribution in [1.29, 1.82) is 0 Å². The average molecular weight is 285 g/mol. The summed E-state index contributed by atoms with van der Waals surface area (Å²) in [6, 6.07) is 4.86. The molecule has 1 aromatic carbocycles. The fraction of sp³-hybridized carbons (Fsp3) is 0.417. The van der Waals surface area contributed by atoms with Gasteiger partial charge in [0.15, 0.2) is 0 Å². The molecule has 0 radical (unpaired) electrons. The lowest BCUT2D eigenvalue weighted by Crippen LogP contribution is -2.24. The van der Waals surface area contributed by atoms with Crippen LogP contribution in [0.2, 0.25) is 0 Å². The van der Waals surface area contributed by atoms with Crippen LogP contribution < -0.4 is 16.4 Å². The smallest absolute Gasteiger partial charge is 0.253 e. The Hall–Kier alpha value is -1.76. The molecule has 0 heterocycles. The molecule has 0 fully saturated rings. The van der Waals surface area contributed by atoms with Crippen molar-refractivity contribution in [2.24, 2.45) is 0 Å². The summed E-state index contributed by atoms with van der Waals surface area (Å²) in [6.07, 6.45) is 1.17. The number of nitrogens with one attached hydrogen (secondary N) is 2. The van der Waals surface area contributed by atoms with Crippen molar-refractivity contribution in [3.63, 3.8) is 0 Å². The zero-order valence-corrected chi connectivity index (χ0v) is 11.9. The SMILES string of the molecule is CCNC(=O)c1ccc(N)cc1NCCS(C)(=O)=O. The molecule has 0 aliphatic rings. The van der Waals surface area contributed by atoms with E-state index in [2.05, 4.69) is 10.6 Å². The minimum Gasteiger partial charge on any atom is -0.399 e. The molecular weight excluding hydrogens is 266 g/mol. The number of sulfone groups is 1. The van der Waals surface area contributed by atoms with Crippen molar-refractivity contribution >= 4 is 27.1 Å². The third-order valence-corrected chi connectivity index (χ3v) is 3.36. The molecule has 0 unspecified atom stereocenters. The molecule has 19 heavy (non-hydrogen) atoms. The van der Waals surface area contributed by atoms with Crippen molar-refractivity contribution in [1.82, 2.24) is 5.32 Å². The van der Waals surface area contributed by atoms with Crippen molar-refractivity contribution < 1.29 is 13.2 Å². The third kappa shape index (κ3) is 5.17. The summed E-state index contributed by atoms with van der Waals surface area (Å²) >= 11 is 0. The minimum absolute atomic E-state index is 0.00334. The van der Waals surface area contributed by atoms with Gasteiger partial charge >= 0.3 is 0 Å². The summed E-state index contributed by atoms with van der Waals surface area (Å²) in [7, 11) is -3.04. The first-order valence-electron chi connectivity index (χ1n) is 5.93. The number of hydrogen-bond acceptors (Lipinski definition) is 5. The number of carbonyl (C=O) groups excluding carboxylic acids is 1. The van der Waals surface area contributed by atoms with Crippen LogP contribution in [0.1, 0.15) is 17.3 Å². The molecule has 6 nitrogen and oxygen atoms in total. The number of benzene rings is 1. The molecule has 0 atom stereocenters. The van der Waals surface area contributed by atoms with Gasteiger partial charge in [0.2, 0.25) is 0 Å². The highest BCUT2D eigenvalue weighted by molar-refractivity contribution is 7.90. The molecule has 7 heteroatoms. The van der Waals surface area contributed by atoms with Crippen LogP contribution in [0.4, 0.5) is 11.4 Å². The maximum atomic E-state index is 11.8. The second kappa shape index (κ2) is 6.42. The van der Waals surface area contributed by atoms with Gasteiger partial charge in [-0.15, -0.1) is 0 Å². The third-order valence-electron chi connectivity index (χ3n) is 2.41. The van der Waals surface area contributed by atoms with Crippen molar-refractivity contribution in [3.05, 3.63) is 23.8 Å². The molecule has 0 saturated heterocycles. The van der Waals surface area contributed by atoms with E-state index in [0.29, 0.717) is 23.5 Å². The van der Waals surface area contributed by atoms with E-state index >= 15 is 0 Å². The Labute approximate surface area is 113 Å². The molecule has 0 bridgehead atoms. The van der Waals surface area contributed by atoms with Crippen LogP contribution in [0.15, 0.2) is 18.2 Å². The fourth-order valence-corrected chi connectivity index (χ4v) is 2.01. The molecule has 0 aliphatic heterocycles. The van der Waals surface area contributed by atoms with Crippen LogP contribution in [0.3, 0.4) is 0 Å². The van der Waals surface area contributed by atoms with E-state index in [4.69, 9.17) is 5.73 Å². The van der Waals surface area contributed by atoms with Gasteiger partial charge in [0.25, 0.3) is 5.91 Å². The Bertz CT molecular complexity index is 555. The molecule has 0 saturated carbocycles. The standard InChI is InChI=1S/C12H19N3O3S/c1-3-14-12(16)10-5-4-9(13)8-11(10)15-6-7-19(2,17)18/h4-5,8,15H,3,6-7,13H2,1-2H3,(H,14,16). The lowest BCUT2D eigenvalue weighted by atomic mass is 10.1. The van der Waals surface area contributed by atoms with E-state index in [1.807, 2.05) is 6.92 Å². The Kier molecular flexibility index (Phi) is 5.17. The zero-order chi connectivity index (χ0) is 14.5. The lowest BCUT2D eigenvalue weighted by Gasteiger charge is -2.12. The molecule has 0 aromatic heterocycles. The summed E-state index contributed by atoms with van der Waals surface area (Å²) in [5.74, 6) is -0.222. The van der Waals surface area contributed by atoms with Crippen LogP contribution in [-0.2, 0) is 9.84 Å². The first kappa shape index (κ1) is 15.3. The van der Waals surface area contributed by atoms with E-state index in [-0.39, 0.29) is 18.2 Å². The fourth-order valence-electron chi connectivity index (χ4n) is 1.53. The first-order chi connectivity index (χ1) is 8.83. The molecule has 4 N–H and O–H groups in total. The van der Waals surface area contributed by atoms with Gasteiger partial charge in [-0.1, -0.05) is 0 Å². The monoisotopic (exact) mass is 285 g/mol. The highest BCUT2D eigenvalue weighted by atomic mass is 32.2. The summed E-state index contributed by atoms with van der Waals surface area (Å²) in [4.78, 5) is 11.8. The van der Waals surface area contributed by atoms with Crippen LogP contribution in [-0.4, -0.2) is 39.4 Å². The molecular formula is C12H19N3O3S. The lowest BCUT2D eigenvalue weighted by molar-refractivity contribution is 0.0956. The van der Waals surface area contributed by atoms with Gasteiger partial charge < -0.3 is 16.4 Å². The summed E-state index contributed by atoms with van der Waals surface area (Å²) in [5, 5.41) is 5.62. The van der Waals surface area contributed by atoms with Gasteiger partial charge in [-0.3, -0.25) is 4.79 Å². The van der Waals surface area contributed by atoms with E-state index in [1.54, 1.807) is 18.2 Å². The predicted octanol–water partition coefficient (Wildman–Crippen LogP) is 0.475. The normalized spacial score (nSPS) is 11.1. The minimum atomic E-state index is -3.04. The first-order valence-corrected chi connectivity index (χ1v) is 7.99. The number of rotatable bonds is 6. The Morgan fingerprint density at radius 2 is 2.05 bits per heavy atom. The second-order valence-corrected chi connectivity index (χ2v) is 6.48. The van der Waals surface area contributed by atoms with Gasteiger partial charge in [-0.25, -0.2) is 8.42 Å². The van der Waals surface area contributed by atoms with E-state index in [0.717, 1.165) is 0 Å². The highest BCUT2D eigenvalue weighted by Gasteiger charge is 2.11. The Morgan fingerprint density at radius 1 is 1.37 bits per heavy atom. The van der Waals surface area contributed by atoms with Crippen LogP contribution in [0.25, 0.3) is 0 Å². The van der Waals surface area contributed by atoms with Crippen molar-refractivity contribution in [3.8, 4) is 0 Å². The van der Waals surface area contributed by atoms with Crippen LogP contribution in [0.5, 0.6) is 0 Å². The van der Waals surface area contributed by atoms with Crippen LogP contribution in [0, 0.1) is 0 Å². The number of amides is 1. The van der Waals surface area contributed by atoms with E-state index in [9.17, 15) is 13.2 Å². The molecule has 1 amide bonds. The molecule has 0 spiro atoms. The summed E-state index contributed by atoms with van der Waals surface area (Å²) in [5.41, 5.74) is 7.16. The Balaban J connectivity index is 2.85. The van der Waals surface area contributed by atoms with Gasteiger partial charge in [0, 0.05) is 30.7 Å². The van der Waals surface area contributed by atoms with Crippen molar-refractivity contribution in [2.45, 2.75) is 6.92 Å². The van der Waals surface area contributed by atoms with Gasteiger partial charge in [0.1, 0.15) is 9.84 Å². The highest BCUT2D eigenvalue weighted by Crippen LogP contribution is 2.19. The molecule has 1 aromatic rings. The number of carbonyl (C=O) groups is 1. The van der Waals surface area contributed by atoms with E-state index < -0.39 is 9.84 Å². The number of hydrogen-bond donors (Lipinski definition) is 3. The zero-order valence-electron chi connectivity index (χ0n) is 11.1. The molecule has 0 aliphatic carbocycles.